The molecule has 5 rings (SSSR count). The van der Waals surface area contributed by atoms with Gasteiger partial charge in [0.1, 0.15) is 35.3 Å². The van der Waals surface area contributed by atoms with Crippen molar-refractivity contribution in [1.82, 2.24) is 19.7 Å². The fourth-order valence-electron chi connectivity index (χ4n) is 6.22. The SMILES string of the molecule is CCC(CC)COC(=O)C1(N[P@@](=O)(OC[C@H]2O[C@@](C#N)(c3ccc4c(N)ncnn34)[C@H](OC(=O)C(C)C)[C@@H]2OC(=O)C(C)C)Oc2ccccc2)CCC1. The minimum atomic E-state index is -4.50. The molecule has 1 aliphatic heterocycles. The molecule has 5 atom stereocenters. The van der Waals surface area contributed by atoms with Crippen LogP contribution in [0.5, 0.6) is 5.75 Å². The molecule has 1 aliphatic carbocycles. The fourth-order valence-corrected chi connectivity index (χ4v) is 7.96. The van der Waals surface area contributed by atoms with Crippen molar-refractivity contribution in [3.63, 3.8) is 0 Å². The standard InChI is InChI=1S/C37H49N6O10P/c1-7-25(8-2)19-48-35(46)36(17-12-18-36)42-54(47,53-26-13-10-9-11-14-26)49-20-28-30(50-33(44)23(3)4)31(51-34(45)24(5)6)37(21-38,52-28)29-16-15-27-32(39)40-22-41-43(27)29/h9-11,13-16,22-25,28,30-31H,7-8,12,17-20H2,1-6H3,(H,42,47)(H2,39,40,41)/t28-,30-,31-,37+,54-/m1/s1. The van der Waals surface area contributed by atoms with Gasteiger partial charge < -0.3 is 29.2 Å². The Morgan fingerprint density at radius 1 is 1.06 bits per heavy atom. The molecule has 0 unspecified atom stereocenters. The van der Waals surface area contributed by atoms with Crippen LogP contribution in [0, 0.1) is 29.1 Å². The number of nitrogens with one attached hydrogen (secondary N) is 1. The Balaban J connectivity index is 1.54. The summed E-state index contributed by atoms with van der Waals surface area (Å²) in [6.45, 7) is 10.1. The Morgan fingerprint density at radius 2 is 1.72 bits per heavy atom. The van der Waals surface area contributed by atoms with E-state index >= 15 is 0 Å². The molecule has 1 aromatic carbocycles. The van der Waals surface area contributed by atoms with E-state index in [-0.39, 0.29) is 29.8 Å². The predicted molar refractivity (Wildman–Crippen MR) is 194 cm³/mol. The molecular weight excluding hydrogens is 719 g/mol. The average Bonchev–Trinajstić information content (AvgIpc) is 3.70. The number of nitrogen functional groups attached to an aromatic ring is 1. The minimum Gasteiger partial charge on any atom is -0.464 e. The lowest BCUT2D eigenvalue weighted by Gasteiger charge is -2.41. The lowest BCUT2D eigenvalue weighted by Crippen LogP contribution is -2.57. The summed E-state index contributed by atoms with van der Waals surface area (Å²) in [5.41, 5.74) is 3.01. The number of nitriles is 1. The zero-order chi connectivity index (χ0) is 39.3. The molecule has 0 amide bonds. The highest BCUT2D eigenvalue weighted by Gasteiger charge is 2.63. The molecule has 16 nitrogen and oxygen atoms in total. The normalized spacial score (nSPS) is 23.1. The first kappa shape index (κ1) is 40.6. The lowest BCUT2D eigenvalue weighted by molar-refractivity contribution is -0.173. The number of hydrogen-bond acceptors (Lipinski definition) is 14. The van der Waals surface area contributed by atoms with Crippen molar-refractivity contribution in [1.29, 1.82) is 5.26 Å². The molecular formula is C37H49N6O10P. The smallest absolute Gasteiger partial charge is 0.459 e. The molecule has 0 spiro atoms. The van der Waals surface area contributed by atoms with E-state index in [0.717, 1.165) is 12.8 Å². The van der Waals surface area contributed by atoms with Crippen LogP contribution in [0.25, 0.3) is 5.52 Å². The van der Waals surface area contributed by atoms with Crippen molar-refractivity contribution < 1.29 is 46.9 Å². The molecule has 2 fully saturated rings. The first-order valence-electron chi connectivity index (χ1n) is 18.3. The zero-order valence-corrected chi connectivity index (χ0v) is 32.3. The van der Waals surface area contributed by atoms with Crippen LogP contribution in [0.4, 0.5) is 5.82 Å². The number of hydrogen-bond donors (Lipinski definition) is 2. The number of para-hydroxylation sites is 1. The summed E-state index contributed by atoms with van der Waals surface area (Å²) in [5.74, 6) is -2.80. The number of ether oxygens (including phenoxy) is 4. The third-order valence-electron chi connectivity index (χ3n) is 9.80. The highest BCUT2D eigenvalue weighted by molar-refractivity contribution is 7.52. The number of fused-ring (bicyclic) bond motifs is 1. The molecule has 0 bridgehead atoms. The van der Waals surface area contributed by atoms with Gasteiger partial charge in [-0.25, -0.2) is 14.1 Å². The van der Waals surface area contributed by atoms with Gasteiger partial charge >= 0.3 is 25.7 Å². The number of nitrogens with two attached hydrogens (primary N) is 1. The van der Waals surface area contributed by atoms with Crippen molar-refractivity contribution in [2.75, 3.05) is 18.9 Å². The predicted octanol–water partition coefficient (Wildman–Crippen LogP) is 5.26. The van der Waals surface area contributed by atoms with Crippen LogP contribution in [0.2, 0.25) is 0 Å². The van der Waals surface area contributed by atoms with Crippen molar-refractivity contribution in [3.05, 3.63) is 54.5 Å². The van der Waals surface area contributed by atoms with Crippen LogP contribution in [0.3, 0.4) is 0 Å². The molecule has 1 saturated carbocycles. The molecule has 292 valence electrons. The van der Waals surface area contributed by atoms with Crippen molar-refractivity contribution in [2.24, 2.45) is 17.8 Å². The number of esters is 3. The third-order valence-corrected chi connectivity index (χ3v) is 11.4. The van der Waals surface area contributed by atoms with E-state index in [1.54, 1.807) is 64.1 Å². The number of carbonyl (C=O) groups is 3. The maximum atomic E-state index is 14.8. The van der Waals surface area contributed by atoms with Gasteiger partial charge in [-0.2, -0.15) is 15.4 Å². The summed E-state index contributed by atoms with van der Waals surface area (Å²) in [6.07, 6.45) is -0.290. The molecule has 17 heteroatoms. The monoisotopic (exact) mass is 768 g/mol. The van der Waals surface area contributed by atoms with E-state index in [2.05, 4.69) is 21.2 Å². The Hall–Kier alpha value is -4.55. The molecule has 2 aromatic heterocycles. The average molecular weight is 769 g/mol. The van der Waals surface area contributed by atoms with Gasteiger partial charge in [-0.05, 0) is 49.4 Å². The van der Waals surface area contributed by atoms with Gasteiger partial charge in [-0.15, -0.1) is 0 Å². The highest BCUT2D eigenvalue weighted by atomic mass is 31.2. The maximum absolute atomic E-state index is 14.8. The van der Waals surface area contributed by atoms with E-state index < -0.39 is 73.5 Å². The van der Waals surface area contributed by atoms with Crippen LogP contribution in [-0.2, 0) is 48.0 Å². The number of aromatic nitrogens is 3. The summed E-state index contributed by atoms with van der Waals surface area (Å²) in [5, 5.41) is 18.1. The number of carbonyl (C=O) groups excluding carboxylic acids is 3. The van der Waals surface area contributed by atoms with Crippen molar-refractivity contribution in [2.45, 2.75) is 103 Å². The van der Waals surface area contributed by atoms with Crippen LogP contribution < -0.4 is 15.3 Å². The summed E-state index contributed by atoms with van der Waals surface area (Å²) >= 11 is 0. The summed E-state index contributed by atoms with van der Waals surface area (Å²) in [7, 11) is -4.50. The fraction of sp³-hybridized carbons (Fsp3) is 0.568. The Bertz CT molecular complexity index is 1890. The first-order valence-corrected chi connectivity index (χ1v) is 19.8. The Labute approximate surface area is 314 Å². The second kappa shape index (κ2) is 16.9. The Morgan fingerprint density at radius 3 is 2.31 bits per heavy atom. The first-order chi connectivity index (χ1) is 25.7. The number of rotatable bonds is 17. The zero-order valence-electron chi connectivity index (χ0n) is 31.4. The van der Waals surface area contributed by atoms with Gasteiger partial charge in [0.25, 0.3) is 0 Å². The van der Waals surface area contributed by atoms with Crippen LogP contribution in [-0.4, -0.2) is 69.6 Å². The van der Waals surface area contributed by atoms with E-state index in [1.165, 1.54) is 16.9 Å². The molecule has 3 aromatic rings. The van der Waals surface area contributed by atoms with Crippen LogP contribution in [0.15, 0.2) is 48.8 Å². The highest BCUT2D eigenvalue weighted by Crippen LogP contribution is 2.52. The summed E-state index contributed by atoms with van der Waals surface area (Å²) < 4.78 is 52.3. The number of nitrogens with zero attached hydrogens (tertiary/aromatic N) is 4. The number of benzene rings is 1. The topological polar surface area (TPSA) is 216 Å². The third kappa shape index (κ3) is 8.39. The second-order valence-electron chi connectivity index (χ2n) is 14.3. The molecule has 1 saturated heterocycles. The van der Waals surface area contributed by atoms with Gasteiger partial charge in [0.05, 0.1) is 30.7 Å². The quantitative estimate of drug-likeness (QED) is 0.102. The molecule has 3 N–H and O–H groups in total. The van der Waals surface area contributed by atoms with E-state index in [4.69, 9.17) is 33.7 Å². The van der Waals surface area contributed by atoms with Gasteiger partial charge in [0.15, 0.2) is 18.0 Å². The van der Waals surface area contributed by atoms with Crippen molar-refractivity contribution >= 4 is 37.0 Å². The van der Waals surface area contributed by atoms with Gasteiger partial charge in [-0.3, -0.25) is 18.9 Å². The Kier molecular flexibility index (Phi) is 12.7. The van der Waals surface area contributed by atoms with Gasteiger partial charge in [0, 0.05) is 0 Å². The lowest BCUT2D eigenvalue weighted by atomic mass is 9.78. The second-order valence-corrected chi connectivity index (χ2v) is 15.9. The molecule has 0 radical (unpaired) electrons. The van der Waals surface area contributed by atoms with E-state index in [9.17, 15) is 24.2 Å². The largest absolute Gasteiger partial charge is 0.464 e. The van der Waals surface area contributed by atoms with Gasteiger partial charge in [0.2, 0.25) is 5.60 Å². The van der Waals surface area contributed by atoms with Crippen molar-refractivity contribution in [3.8, 4) is 11.8 Å². The number of anilines is 1. The van der Waals surface area contributed by atoms with Crippen LogP contribution >= 0.6 is 7.75 Å². The summed E-state index contributed by atoms with van der Waals surface area (Å²) in [4.78, 5) is 44.1. The van der Waals surface area contributed by atoms with Gasteiger partial charge in [-0.1, -0.05) is 72.6 Å². The van der Waals surface area contributed by atoms with E-state index in [0.29, 0.717) is 24.8 Å². The van der Waals surface area contributed by atoms with E-state index in [1.807, 2.05) is 13.8 Å². The molecule has 54 heavy (non-hydrogen) atoms. The summed E-state index contributed by atoms with van der Waals surface area (Å²) in [6, 6.07) is 13.5. The van der Waals surface area contributed by atoms with Crippen LogP contribution in [0.1, 0.15) is 79.3 Å². The molecule has 2 aliphatic rings. The minimum absolute atomic E-state index is 0.0965. The molecule has 3 heterocycles. The maximum Gasteiger partial charge on any atom is 0.459 e.